The molecule has 1 aromatic carbocycles. The van der Waals surface area contributed by atoms with Gasteiger partial charge >= 0.3 is 0 Å². The summed E-state index contributed by atoms with van der Waals surface area (Å²) in [5.41, 5.74) is 7.31. The average molecular weight is 256 g/mol. The molecule has 1 aromatic rings. The SMILES string of the molecule is COc1ccc(Cl)cc1C(N)C1CCOCC1. The van der Waals surface area contributed by atoms with Gasteiger partial charge in [-0.1, -0.05) is 11.6 Å². The molecule has 1 aliphatic rings. The Morgan fingerprint density at radius 3 is 2.76 bits per heavy atom. The molecule has 2 rings (SSSR count). The van der Waals surface area contributed by atoms with Crippen molar-refractivity contribution in [1.29, 1.82) is 0 Å². The van der Waals surface area contributed by atoms with Crippen LogP contribution in [0.3, 0.4) is 0 Å². The lowest BCUT2D eigenvalue weighted by Gasteiger charge is -2.28. The molecule has 17 heavy (non-hydrogen) atoms. The molecule has 0 bridgehead atoms. The molecule has 0 saturated carbocycles. The lowest BCUT2D eigenvalue weighted by Crippen LogP contribution is -2.27. The molecule has 0 aliphatic carbocycles. The molecule has 1 atom stereocenters. The van der Waals surface area contributed by atoms with Crippen molar-refractivity contribution in [2.45, 2.75) is 18.9 Å². The topological polar surface area (TPSA) is 44.5 Å². The highest BCUT2D eigenvalue weighted by molar-refractivity contribution is 6.30. The van der Waals surface area contributed by atoms with Crippen LogP contribution >= 0.6 is 11.6 Å². The second kappa shape index (κ2) is 5.71. The lowest BCUT2D eigenvalue weighted by molar-refractivity contribution is 0.0581. The van der Waals surface area contributed by atoms with E-state index in [1.54, 1.807) is 7.11 Å². The normalized spacial score (nSPS) is 19.0. The van der Waals surface area contributed by atoms with Gasteiger partial charge in [0, 0.05) is 29.8 Å². The minimum atomic E-state index is -0.0347. The minimum Gasteiger partial charge on any atom is -0.496 e. The van der Waals surface area contributed by atoms with Gasteiger partial charge in [-0.3, -0.25) is 0 Å². The molecule has 2 N–H and O–H groups in total. The van der Waals surface area contributed by atoms with Gasteiger partial charge in [0.2, 0.25) is 0 Å². The molecular formula is C13H18ClNO2. The Labute approximate surface area is 107 Å². The number of benzene rings is 1. The van der Waals surface area contributed by atoms with Gasteiger partial charge in [-0.25, -0.2) is 0 Å². The van der Waals surface area contributed by atoms with Crippen molar-refractivity contribution in [3.05, 3.63) is 28.8 Å². The van der Waals surface area contributed by atoms with Crippen LogP contribution in [0.4, 0.5) is 0 Å². The molecule has 1 aliphatic heterocycles. The Morgan fingerprint density at radius 1 is 1.41 bits per heavy atom. The van der Waals surface area contributed by atoms with Gasteiger partial charge in [-0.05, 0) is 37.0 Å². The predicted molar refractivity (Wildman–Crippen MR) is 68.5 cm³/mol. The zero-order valence-corrected chi connectivity index (χ0v) is 10.7. The molecule has 3 nitrogen and oxygen atoms in total. The van der Waals surface area contributed by atoms with Gasteiger partial charge in [0.25, 0.3) is 0 Å². The van der Waals surface area contributed by atoms with Crippen molar-refractivity contribution in [3.63, 3.8) is 0 Å². The number of hydrogen-bond acceptors (Lipinski definition) is 3. The Kier molecular flexibility index (Phi) is 4.26. The first-order valence-corrected chi connectivity index (χ1v) is 6.27. The molecule has 1 unspecified atom stereocenters. The van der Waals surface area contributed by atoms with E-state index < -0.39 is 0 Å². The number of ether oxygens (including phenoxy) is 2. The molecule has 0 radical (unpaired) electrons. The average Bonchev–Trinajstić information content (AvgIpc) is 2.39. The zero-order valence-electron chi connectivity index (χ0n) is 9.99. The van der Waals surface area contributed by atoms with Gasteiger partial charge < -0.3 is 15.2 Å². The van der Waals surface area contributed by atoms with E-state index in [-0.39, 0.29) is 6.04 Å². The number of nitrogens with two attached hydrogens (primary N) is 1. The molecule has 4 heteroatoms. The number of rotatable bonds is 3. The molecule has 1 saturated heterocycles. The van der Waals surface area contributed by atoms with Crippen LogP contribution in [-0.2, 0) is 4.74 Å². The molecule has 0 amide bonds. The summed E-state index contributed by atoms with van der Waals surface area (Å²) in [5, 5.41) is 0.698. The molecule has 94 valence electrons. The maximum atomic E-state index is 6.32. The van der Waals surface area contributed by atoms with Gasteiger partial charge in [0.15, 0.2) is 0 Å². The van der Waals surface area contributed by atoms with Crippen LogP contribution in [0.15, 0.2) is 18.2 Å². The molecule has 1 fully saturated rings. The minimum absolute atomic E-state index is 0.0347. The Balaban J connectivity index is 2.21. The third-order valence-corrected chi connectivity index (χ3v) is 3.56. The lowest BCUT2D eigenvalue weighted by atomic mass is 9.87. The van der Waals surface area contributed by atoms with Crippen molar-refractivity contribution in [2.75, 3.05) is 20.3 Å². The van der Waals surface area contributed by atoms with E-state index in [9.17, 15) is 0 Å². The van der Waals surface area contributed by atoms with Crippen LogP contribution in [0.1, 0.15) is 24.4 Å². The first-order valence-electron chi connectivity index (χ1n) is 5.89. The molecule has 1 heterocycles. The van der Waals surface area contributed by atoms with Crippen LogP contribution in [-0.4, -0.2) is 20.3 Å². The van der Waals surface area contributed by atoms with E-state index in [0.717, 1.165) is 37.4 Å². The first kappa shape index (κ1) is 12.7. The van der Waals surface area contributed by atoms with Gasteiger partial charge in [-0.15, -0.1) is 0 Å². The Hall–Kier alpha value is -0.770. The van der Waals surface area contributed by atoms with E-state index in [0.29, 0.717) is 10.9 Å². The fourth-order valence-corrected chi connectivity index (χ4v) is 2.48. The Bertz CT molecular complexity index is 378. The summed E-state index contributed by atoms with van der Waals surface area (Å²) in [5.74, 6) is 1.25. The number of halogens is 1. The fraction of sp³-hybridized carbons (Fsp3) is 0.538. The summed E-state index contributed by atoms with van der Waals surface area (Å²) < 4.78 is 10.7. The Morgan fingerprint density at radius 2 is 2.12 bits per heavy atom. The van der Waals surface area contributed by atoms with Crippen LogP contribution in [0.2, 0.25) is 5.02 Å². The summed E-state index contributed by atoms with van der Waals surface area (Å²) >= 11 is 6.02. The van der Waals surface area contributed by atoms with Crippen molar-refractivity contribution in [1.82, 2.24) is 0 Å². The van der Waals surface area contributed by atoms with Crippen LogP contribution in [0.5, 0.6) is 5.75 Å². The summed E-state index contributed by atoms with van der Waals surface area (Å²) in [6.45, 7) is 1.59. The summed E-state index contributed by atoms with van der Waals surface area (Å²) in [4.78, 5) is 0. The van der Waals surface area contributed by atoms with Crippen molar-refractivity contribution in [2.24, 2.45) is 11.7 Å². The van der Waals surface area contributed by atoms with Crippen LogP contribution in [0.25, 0.3) is 0 Å². The van der Waals surface area contributed by atoms with E-state index >= 15 is 0 Å². The highest BCUT2D eigenvalue weighted by atomic mass is 35.5. The summed E-state index contributed by atoms with van der Waals surface area (Å²) in [7, 11) is 1.66. The second-order valence-corrected chi connectivity index (χ2v) is 4.80. The largest absolute Gasteiger partial charge is 0.496 e. The van der Waals surface area contributed by atoms with Gasteiger partial charge in [0.1, 0.15) is 5.75 Å². The number of methoxy groups -OCH3 is 1. The van der Waals surface area contributed by atoms with Crippen molar-refractivity contribution >= 4 is 11.6 Å². The van der Waals surface area contributed by atoms with E-state index in [2.05, 4.69) is 0 Å². The van der Waals surface area contributed by atoms with Gasteiger partial charge in [0.05, 0.1) is 7.11 Å². The monoisotopic (exact) mass is 255 g/mol. The van der Waals surface area contributed by atoms with Crippen molar-refractivity contribution in [3.8, 4) is 5.75 Å². The molecular weight excluding hydrogens is 238 g/mol. The smallest absolute Gasteiger partial charge is 0.123 e. The highest BCUT2D eigenvalue weighted by Crippen LogP contribution is 2.34. The van der Waals surface area contributed by atoms with E-state index in [1.165, 1.54) is 0 Å². The van der Waals surface area contributed by atoms with Crippen LogP contribution < -0.4 is 10.5 Å². The predicted octanol–water partition coefficient (Wildman–Crippen LogP) is 2.78. The van der Waals surface area contributed by atoms with Gasteiger partial charge in [-0.2, -0.15) is 0 Å². The maximum absolute atomic E-state index is 6.32. The summed E-state index contributed by atoms with van der Waals surface area (Å²) in [6.07, 6.45) is 1.99. The maximum Gasteiger partial charge on any atom is 0.123 e. The fourth-order valence-electron chi connectivity index (χ4n) is 2.29. The van der Waals surface area contributed by atoms with Crippen LogP contribution in [0, 0.1) is 5.92 Å². The number of hydrogen-bond donors (Lipinski definition) is 1. The summed E-state index contributed by atoms with van der Waals surface area (Å²) in [6, 6.07) is 5.56. The quantitative estimate of drug-likeness (QED) is 0.903. The molecule has 0 aromatic heterocycles. The third kappa shape index (κ3) is 2.92. The molecule has 0 spiro atoms. The zero-order chi connectivity index (χ0) is 12.3. The van der Waals surface area contributed by atoms with E-state index in [1.807, 2.05) is 18.2 Å². The van der Waals surface area contributed by atoms with Crippen molar-refractivity contribution < 1.29 is 9.47 Å². The first-order chi connectivity index (χ1) is 8.22. The third-order valence-electron chi connectivity index (χ3n) is 3.32. The second-order valence-electron chi connectivity index (χ2n) is 4.36. The highest BCUT2D eigenvalue weighted by Gasteiger charge is 2.24. The standard InChI is InChI=1S/C13H18ClNO2/c1-16-12-3-2-10(14)8-11(12)13(15)9-4-6-17-7-5-9/h2-3,8-9,13H,4-7,15H2,1H3. The van der Waals surface area contributed by atoms with E-state index in [4.69, 9.17) is 26.8 Å².